The number of ether oxygens (including phenoxy) is 1. The van der Waals surface area contributed by atoms with Gasteiger partial charge in [-0.1, -0.05) is 0 Å². The van der Waals surface area contributed by atoms with E-state index in [0.29, 0.717) is 0 Å². The fraction of sp³-hybridized carbons (Fsp3) is 0.364. The van der Waals surface area contributed by atoms with Crippen molar-refractivity contribution in [2.75, 3.05) is 0 Å². The predicted octanol–water partition coefficient (Wildman–Crippen LogP) is 2.66. The van der Waals surface area contributed by atoms with Gasteiger partial charge in [0, 0.05) is 12.4 Å². The molecule has 14 heavy (non-hydrogen) atoms. The highest BCUT2D eigenvalue weighted by molar-refractivity contribution is 5.85. The molecule has 0 unspecified atom stereocenters. The zero-order chi connectivity index (χ0) is 10.1. The number of H-pyrrole nitrogens is 1. The van der Waals surface area contributed by atoms with Crippen LogP contribution in [0.15, 0.2) is 18.5 Å². The summed E-state index contributed by atoms with van der Waals surface area (Å²) >= 11 is 0. The van der Waals surface area contributed by atoms with Crippen LogP contribution in [0.25, 0.3) is 11.0 Å². The minimum absolute atomic E-state index is 0.190. The number of aryl methyl sites for hydroxylation is 1. The van der Waals surface area contributed by atoms with E-state index in [-0.39, 0.29) is 6.10 Å². The van der Waals surface area contributed by atoms with E-state index in [9.17, 15) is 0 Å². The van der Waals surface area contributed by atoms with Gasteiger partial charge in [0.2, 0.25) is 0 Å². The number of hydrogen-bond acceptors (Lipinski definition) is 2. The molecule has 0 aliphatic heterocycles. The monoisotopic (exact) mass is 190 g/mol. The van der Waals surface area contributed by atoms with Gasteiger partial charge in [0.15, 0.2) is 0 Å². The van der Waals surface area contributed by atoms with Gasteiger partial charge < -0.3 is 9.72 Å². The molecule has 2 aromatic rings. The molecule has 2 aromatic heterocycles. The van der Waals surface area contributed by atoms with Crippen molar-refractivity contribution in [3.8, 4) is 5.75 Å². The average Bonchev–Trinajstić information content (AvgIpc) is 2.48. The summed E-state index contributed by atoms with van der Waals surface area (Å²) in [5, 5.41) is 1.08. The third kappa shape index (κ3) is 1.45. The van der Waals surface area contributed by atoms with E-state index in [1.54, 1.807) is 6.20 Å². The Morgan fingerprint density at radius 3 is 2.93 bits per heavy atom. The van der Waals surface area contributed by atoms with Crippen LogP contribution >= 0.6 is 0 Å². The number of rotatable bonds is 2. The van der Waals surface area contributed by atoms with Gasteiger partial charge in [0.1, 0.15) is 11.4 Å². The maximum atomic E-state index is 5.71. The molecule has 1 N–H and O–H groups in total. The summed E-state index contributed by atoms with van der Waals surface area (Å²) < 4.78 is 5.71. The van der Waals surface area contributed by atoms with E-state index in [2.05, 4.69) is 9.97 Å². The lowest BCUT2D eigenvalue weighted by Crippen LogP contribution is -2.05. The Balaban J connectivity index is 2.57. The lowest BCUT2D eigenvalue weighted by molar-refractivity contribution is 0.245. The van der Waals surface area contributed by atoms with Crippen molar-refractivity contribution >= 4 is 11.0 Å². The molecule has 74 valence electrons. The first kappa shape index (κ1) is 9.06. The molecule has 0 spiro atoms. The third-order valence-electron chi connectivity index (χ3n) is 2.10. The SMILES string of the molecule is Cc1c[nH]c2nccc(OC(C)C)c12. The van der Waals surface area contributed by atoms with Crippen LogP contribution in [0.5, 0.6) is 5.75 Å². The smallest absolute Gasteiger partial charge is 0.141 e. The Morgan fingerprint density at radius 1 is 1.43 bits per heavy atom. The molecule has 0 saturated carbocycles. The zero-order valence-corrected chi connectivity index (χ0v) is 8.66. The average molecular weight is 190 g/mol. The molecular formula is C11H14N2O. The van der Waals surface area contributed by atoms with Gasteiger partial charge in [-0.15, -0.1) is 0 Å². The highest BCUT2D eigenvalue weighted by Crippen LogP contribution is 2.27. The van der Waals surface area contributed by atoms with Crippen molar-refractivity contribution in [1.82, 2.24) is 9.97 Å². The van der Waals surface area contributed by atoms with Crippen LogP contribution in [-0.2, 0) is 0 Å². The summed E-state index contributed by atoms with van der Waals surface area (Å²) in [6.45, 7) is 6.09. The van der Waals surface area contributed by atoms with Crippen LogP contribution < -0.4 is 4.74 Å². The van der Waals surface area contributed by atoms with Crippen LogP contribution in [-0.4, -0.2) is 16.1 Å². The molecule has 0 aliphatic rings. The first-order valence-corrected chi connectivity index (χ1v) is 4.78. The maximum absolute atomic E-state index is 5.71. The highest BCUT2D eigenvalue weighted by atomic mass is 16.5. The highest BCUT2D eigenvalue weighted by Gasteiger charge is 2.08. The number of pyridine rings is 1. The first-order chi connectivity index (χ1) is 6.68. The Morgan fingerprint density at radius 2 is 2.21 bits per heavy atom. The molecule has 0 fully saturated rings. The number of nitrogens with one attached hydrogen (secondary N) is 1. The second-order valence-electron chi connectivity index (χ2n) is 3.67. The molecule has 0 radical (unpaired) electrons. The largest absolute Gasteiger partial charge is 0.490 e. The van der Waals surface area contributed by atoms with E-state index in [4.69, 9.17) is 4.74 Å². The van der Waals surface area contributed by atoms with Crippen LogP contribution in [0.1, 0.15) is 19.4 Å². The quantitative estimate of drug-likeness (QED) is 0.790. The van der Waals surface area contributed by atoms with Gasteiger partial charge in [0.05, 0.1) is 11.5 Å². The van der Waals surface area contributed by atoms with E-state index in [0.717, 1.165) is 16.8 Å². The topological polar surface area (TPSA) is 37.9 Å². The molecule has 3 nitrogen and oxygen atoms in total. The minimum atomic E-state index is 0.190. The van der Waals surface area contributed by atoms with Crippen molar-refractivity contribution in [2.24, 2.45) is 0 Å². The van der Waals surface area contributed by atoms with Gasteiger partial charge in [-0.25, -0.2) is 4.98 Å². The number of hydrogen-bond donors (Lipinski definition) is 1. The van der Waals surface area contributed by atoms with E-state index in [1.165, 1.54) is 5.56 Å². The molecule has 0 atom stereocenters. The maximum Gasteiger partial charge on any atom is 0.141 e. The van der Waals surface area contributed by atoms with Crippen LogP contribution in [0.4, 0.5) is 0 Å². The molecule has 2 heterocycles. The van der Waals surface area contributed by atoms with Gasteiger partial charge in [0.25, 0.3) is 0 Å². The lowest BCUT2D eigenvalue weighted by Gasteiger charge is -2.10. The molecule has 0 saturated heterocycles. The third-order valence-corrected chi connectivity index (χ3v) is 2.10. The number of fused-ring (bicyclic) bond motifs is 1. The second kappa shape index (κ2) is 3.33. The van der Waals surface area contributed by atoms with Crippen molar-refractivity contribution < 1.29 is 4.74 Å². The fourth-order valence-corrected chi connectivity index (χ4v) is 1.54. The van der Waals surface area contributed by atoms with Crippen molar-refractivity contribution in [3.63, 3.8) is 0 Å². The van der Waals surface area contributed by atoms with E-state index in [1.807, 2.05) is 33.0 Å². The number of nitrogens with zero attached hydrogens (tertiary/aromatic N) is 1. The standard InChI is InChI=1S/C11H14N2O/c1-7(2)14-9-4-5-12-11-10(9)8(3)6-13-11/h4-7H,1-3H3,(H,12,13). The predicted molar refractivity (Wildman–Crippen MR) is 56.6 cm³/mol. The van der Waals surface area contributed by atoms with Crippen molar-refractivity contribution in [3.05, 3.63) is 24.0 Å². The zero-order valence-electron chi connectivity index (χ0n) is 8.66. The summed E-state index contributed by atoms with van der Waals surface area (Å²) in [5.74, 6) is 0.906. The van der Waals surface area contributed by atoms with Gasteiger partial charge in [-0.2, -0.15) is 0 Å². The Labute approximate surface area is 83.1 Å². The molecule has 0 aliphatic carbocycles. The molecule has 3 heteroatoms. The van der Waals surface area contributed by atoms with Gasteiger partial charge in [-0.05, 0) is 32.4 Å². The summed E-state index contributed by atoms with van der Waals surface area (Å²) in [5.41, 5.74) is 2.06. The summed E-state index contributed by atoms with van der Waals surface area (Å²) in [7, 11) is 0. The molecular weight excluding hydrogens is 176 g/mol. The summed E-state index contributed by atoms with van der Waals surface area (Å²) in [4.78, 5) is 7.34. The van der Waals surface area contributed by atoms with Crippen LogP contribution in [0.3, 0.4) is 0 Å². The van der Waals surface area contributed by atoms with Gasteiger partial charge >= 0.3 is 0 Å². The number of aromatic amines is 1. The molecule has 2 rings (SSSR count). The summed E-state index contributed by atoms with van der Waals surface area (Å²) in [6.07, 6.45) is 3.90. The number of aromatic nitrogens is 2. The fourth-order valence-electron chi connectivity index (χ4n) is 1.54. The summed E-state index contributed by atoms with van der Waals surface area (Å²) in [6, 6.07) is 1.91. The molecule has 0 aromatic carbocycles. The van der Waals surface area contributed by atoms with E-state index >= 15 is 0 Å². The first-order valence-electron chi connectivity index (χ1n) is 4.78. The Hall–Kier alpha value is -1.51. The van der Waals surface area contributed by atoms with Crippen molar-refractivity contribution in [1.29, 1.82) is 0 Å². The van der Waals surface area contributed by atoms with Crippen molar-refractivity contribution in [2.45, 2.75) is 26.9 Å². The molecule has 0 bridgehead atoms. The minimum Gasteiger partial charge on any atom is -0.490 e. The Bertz CT molecular complexity index is 445. The van der Waals surface area contributed by atoms with E-state index < -0.39 is 0 Å². The van der Waals surface area contributed by atoms with Crippen LogP contribution in [0, 0.1) is 6.92 Å². The Kier molecular flexibility index (Phi) is 2.15. The molecule has 0 amide bonds. The normalized spacial score (nSPS) is 11.1. The lowest BCUT2D eigenvalue weighted by atomic mass is 10.2. The van der Waals surface area contributed by atoms with Gasteiger partial charge in [-0.3, -0.25) is 0 Å². The second-order valence-corrected chi connectivity index (χ2v) is 3.67. The van der Waals surface area contributed by atoms with Crippen LogP contribution in [0.2, 0.25) is 0 Å².